The monoisotopic (exact) mass is 896 g/mol. The normalized spacial score (nSPS) is 13.7. The van der Waals surface area contributed by atoms with Gasteiger partial charge in [0.1, 0.15) is 19.8 Å². The highest BCUT2D eigenvalue weighted by atomic mass is 31.2. The number of carbonyl (C=O) groups excluding carboxylic acids is 2. The number of ether oxygens (including phenoxy) is 2. The van der Waals surface area contributed by atoms with Gasteiger partial charge in [-0.2, -0.15) is 0 Å². The van der Waals surface area contributed by atoms with Gasteiger partial charge in [0.2, 0.25) is 0 Å². The third-order valence-corrected chi connectivity index (χ3v) is 12.1. The maximum Gasteiger partial charge on any atom is 0.306 e. The molecule has 0 radical (unpaired) electrons. The van der Waals surface area contributed by atoms with Crippen molar-refractivity contribution in [3.05, 3.63) is 36.5 Å². The zero-order chi connectivity index (χ0) is 45.7. The highest BCUT2D eigenvalue weighted by molar-refractivity contribution is 7.45. The van der Waals surface area contributed by atoms with Crippen LogP contribution in [0.5, 0.6) is 0 Å². The van der Waals surface area contributed by atoms with Gasteiger partial charge in [0, 0.05) is 12.8 Å². The van der Waals surface area contributed by atoms with Crippen LogP contribution in [0.15, 0.2) is 36.5 Å². The summed E-state index contributed by atoms with van der Waals surface area (Å²) in [5.41, 5.74) is 0. The lowest BCUT2D eigenvalue weighted by Crippen LogP contribution is -2.37. The van der Waals surface area contributed by atoms with Crippen LogP contribution in [-0.2, 0) is 32.7 Å². The summed E-state index contributed by atoms with van der Waals surface area (Å²) in [4.78, 5) is 37.6. The van der Waals surface area contributed by atoms with Crippen molar-refractivity contribution in [1.29, 1.82) is 0 Å². The fraction of sp³-hybridized carbons (Fsp3) is 0.846. The van der Waals surface area contributed by atoms with Crippen LogP contribution in [0.4, 0.5) is 0 Å². The molecular formula is C52H98NO8P. The van der Waals surface area contributed by atoms with Crippen LogP contribution in [0.1, 0.15) is 232 Å². The standard InChI is InChI=1S/C52H98NO8P/c1-6-8-10-12-14-16-18-20-22-23-24-25-26-27-28-29-31-33-35-37-39-41-43-45-52(55)61-50(49-60-62(56,57)59-47-46-53(3,4)5)48-58-51(54)44-42-40-38-36-34-32-30-21-19-17-15-13-11-9-7-2/h21,29-31,37,39,50H,6-20,22-28,32-36,38,40-49H2,1-5H3/b30-21+,31-29+,39-37+/t50-/m1/s1. The Kier molecular flexibility index (Phi) is 43.2. The van der Waals surface area contributed by atoms with Crippen LogP contribution in [0.3, 0.4) is 0 Å². The minimum atomic E-state index is -4.64. The number of hydrogen-bond donors (Lipinski definition) is 0. The molecule has 0 saturated carbocycles. The van der Waals surface area contributed by atoms with Gasteiger partial charge in [-0.25, -0.2) is 0 Å². The Hall–Kier alpha value is -1.77. The first-order valence-electron chi connectivity index (χ1n) is 25.7. The van der Waals surface area contributed by atoms with Gasteiger partial charge in [-0.3, -0.25) is 14.2 Å². The second-order valence-corrected chi connectivity index (χ2v) is 19.9. The molecule has 364 valence electrons. The Balaban J connectivity index is 4.29. The van der Waals surface area contributed by atoms with Crippen molar-refractivity contribution in [3.8, 4) is 0 Å². The van der Waals surface area contributed by atoms with E-state index in [4.69, 9.17) is 18.5 Å². The number of carbonyl (C=O) groups is 2. The molecule has 0 bridgehead atoms. The molecule has 0 aliphatic rings. The molecule has 10 heteroatoms. The zero-order valence-electron chi connectivity index (χ0n) is 41.1. The second kappa shape index (κ2) is 44.4. The Morgan fingerprint density at radius 1 is 0.484 bits per heavy atom. The van der Waals surface area contributed by atoms with E-state index in [1.807, 2.05) is 21.1 Å². The van der Waals surface area contributed by atoms with E-state index in [1.165, 1.54) is 135 Å². The van der Waals surface area contributed by atoms with Gasteiger partial charge in [-0.1, -0.05) is 185 Å². The van der Waals surface area contributed by atoms with Gasteiger partial charge in [-0.15, -0.1) is 0 Å². The van der Waals surface area contributed by atoms with Crippen molar-refractivity contribution in [2.45, 2.75) is 238 Å². The molecule has 9 nitrogen and oxygen atoms in total. The molecule has 0 heterocycles. The molecule has 1 unspecified atom stereocenters. The summed E-state index contributed by atoms with van der Waals surface area (Å²) in [6.07, 6.45) is 51.9. The number of phosphoric ester groups is 1. The number of quaternary nitrogens is 1. The average Bonchev–Trinajstić information content (AvgIpc) is 3.23. The maximum atomic E-state index is 12.7. The molecule has 0 aromatic heterocycles. The number of phosphoric acid groups is 1. The van der Waals surface area contributed by atoms with Gasteiger partial charge in [0.05, 0.1) is 27.7 Å². The number of nitrogens with zero attached hydrogens (tertiary/aromatic N) is 1. The Labute approximate surface area is 382 Å². The van der Waals surface area contributed by atoms with E-state index < -0.39 is 32.5 Å². The van der Waals surface area contributed by atoms with Crippen molar-refractivity contribution < 1.29 is 42.1 Å². The van der Waals surface area contributed by atoms with Gasteiger partial charge in [0.25, 0.3) is 7.82 Å². The molecule has 0 aromatic carbocycles. The molecule has 0 aromatic rings. The van der Waals surface area contributed by atoms with Gasteiger partial charge >= 0.3 is 11.9 Å². The van der Waals surface area contributed by atoms with E-state index in [0.29, 0.717) is 23.9 Å². The molecule has 0 saturated heterocycles. The first-order chi connectivity index (χ1) is 30.0. The summed E-state index contributed by atoms with van der Waals surface area (Å²) in [6, 6.07) is 0. The fourth-order valence-corrected chi connectivity index (χ4v) is 7.81. The molecule has 0 amide bonds. The van der Waals surface area contributed by atoms with E-state index in [1.54, 1.807) is 0 Å². The summed E-state index contributed by atoms with van der Waals surface area (Å²) in [6.45, 7) is 4.20. The van der Waals surface area contributed by atoms with E-state index in [0.717, 1.165) is 57.8 Å². The molecule has 62 heavy (non-hydrogen) atoms. The Bertz CT molecular complexity index is 1150. The van der Waals surface area contributed by atoms with Crippen molar-refractivity contribution in [1.82, 2.24) is 0 Å². The number of hydrogen-bond acceptors (Lipinski definition) is 8. The number of likely N-dealkylation sites (N-methyl/N-ethyl adjacent to an activating group) is 1. The first kappa shape index (κ1) is 60.2. The van der Waals surface area contributed by atoms with Gasteiger partial charge in [-0.05, 0) is 70.6 Å². The maximum absolute atomic E-state index is 12.7. The van der Waals surface area contributed by atoms with Crippen LogP contribution in [0.25, 0.3) is 0 Å². The summed E-state index contributed by atoms with van der Waals surface area (Å²) in [5.74, 6) is -0.888. The Morgan fingerprint density at radius 3 is 1.29 bits per heavy atom. The summed E-state index contributed by atoms with van der Waals surface area (Å²) >= 11 is 0. The molecule has 0 aliphatic carbocycles. The van der Waals surface area contributed by atoms with Gasteiger partial charge < -0.3 is 27.9 Å². The number of rotatable bonds is 47. The number of allylic oxidation sites excluding steroid dienone is 6. The molecule has 0 spiro atoms. The third kappa shape index (κ3) is 47.7. The quantitative estimate of drug-likeness (QED) is 0.0195. The minimum Gasteiger partial charge on any atom is -0.756 e. The molecule has 0 aliphatic heterocycles. The molecule has 0 fully saturated rings. The largest absolute Gasteiger partial charge is 0.756 e. The molecule has 0 N–H and O–H groups in total. The topological polar surface area (TPSA) is 111 Å². The van der Waals surface area contributed by atoms with E-state index in [9.17, 15) is 19.0 Å². The molecule has 2 atom stereocenters. The lowest BCUT2D eigenvalue weighted by molar-refractivity contribution is -0.870. The predicted octanol–water partition coefficient (Wildman–Crippen LogP) is 14.6. The van der Waals surface area contributed by atoms with Crippen molar-refractivity contribution >= 4 is 19.8 Å². The van der Waals surface area contributed by atoms with Crippen molar-refractivity contribution in [2.75, 3.05) is 47.5 Å². The minimum absolute atomic E-state index is 0.0387. The summed E-state index contributed by atoms with van der Waals surface area (Å²) in [5, 5.41) is 0. The number of esters is 2. The predicted molar refractivity (Wildman–Crippen MR) is 259 cm³/mol. The molecule has 0 rings (SSSR count). The van der Waals surface area contributed by atoms with E-state index >= 15 is 0 Å². The van der Waals surface area contributed by atoms with E-state index in [2.05, 4.69) is 50.3 Å². The van der Waals surface area contributed by atoms with Crippen LogP contribution in [0, 0.1) is 0 Å². The van der Waals surface area contributed by atoms with Crippen LogP contribution < -0.4 is 4.89 Å². The fourth-order valence-electron chi connectivity index (χ4n) is 7.08. The smallest absolute Gasteiger partial charge is 0.306 e. The zero-order valence-corrected chi connectivity index (χ0v) is 42.0. The van der Waals surface area contributed by atoms with Crippen molar-refractivity contribution in [2.24, 2.45) is 0 Å². The average molecular weight is 896 g/mol. The highest BCUT2D eigenvalue weighted by Gasteiger charge is 2.21. The first-order valence-corrected chi connectivity index (χ1v) is 27.2. The third-order valence-electron chi connectivity index (χ3n) is 11.1. The molecular weight excluding hydrogens is 798 g/mol. The van der Waals surface area contributed by atoms with E-state index in [-0.39, 0.29) is 26.1 Å². The Morgan fingerprint density at radius 2 is 0.855 bits per heavy atom. The lowest BCUT2D eigenvalue weighted by Gasteiger charge is -2.28. The van der Waals surface area contributed by atoms with Crippen LogP contribution >= 0.6 is 7.82 Å². The second-order valence-electron chi connectivity index (χ2n) is 18.5. The highest BCUT2D eigenvalue weighted by Crippen LogP contribution is 2.38. The summed E-state index contributed by atoms with van der Waals surface area (Å²) < 4.78 is 34.0. The van der Waals surface area contributed by atoms with Crippen LogP contribution in [-0.4, -0.2) is 70.0 Å². The van der Waals surface area contributed by atoms with Crippen LogP contribution in [0.2, 0.25) is 0 Å². The summed E-state index contributed by atoms with van der Waals surface area (Å²) in [7, 11) is 1.14. The lowest BCUT2D eigenvalue weighted by atomic mass is 10.0. The number of unbranched alkanes of at least 4 members (excludes halogenated alkanes) is 27. The van der Waals surface area contributed by atoms with Gasteiger partial charge in [0.15, 0.2) is 6.10 Å². The van der Waals surface area contributed by atoms with Crippen molar-refractivity contribution in [3.63, 3.8) is 0 Å². The SMILES string of the molecule is CCCCCCCC/C=C/CCCCCCCC(=O)OC[C@H](COP(=O)([O-])OCC[N+](C)(C)C)OC(=O)CCC/C=C/CC/C=C/CCCCCCCCCCCCCCCC.